The lowest BCUT2D eigenvalue weighted by Crippen LogP contribution is -2.05. The van der Waals surface area contributed by atoms with Crippen LogP contribution in [0, 0.1) is 6.92 Å². The Morgan fingerprint density at radius 3 is 2.08 bits per heavy atom. The summed E-state index contributed by atoms with van der Waals surface area (Å²) in [5.41, 5.74) is -1.03. The Kier molecular flexibility index (Phi) is 2.11. The standard InChI is InChI=1S/C8H7F3O2/c1-4-2-7(13)5(3-6(4)12)8(9,10)11/h2-3,12-13H,1H3. The highest BCUT2D eigenvalue weighted by Gasteiger charge is 2.34. The molecule has 2 N–H and O–H groups in total. The fraction of sp³-hybridized carbons (Fsp3) is 0.250. The van der Waals surface area contributed by atoms with Crippen molar-refractivity contribution in [3.8, 4) is 11.5 Å². The number of phenolic OH excluding ortho intramolecular Hbond substituents is 2. The Morgan fingerprint density at radius 1 is 1.08 bits per heavy atom. The van der Waals surface area contributed by atoms with Gasteiger partial charge in [0, 0.05) is 0 Å². The van der Waals surface area contributed by atoms with Gasteiger partial charge in [-0.25, -0.2) is 0 Å². The van der Waals surface area contributed by atoms with E-state index >= 15 is 0 Å². The third-order valence-electron chi connectivity index (χ3n) is 1.62. The number of aromatic hydroxyl groups is 2. The van der Waals surface area contributed by atoms with Gasteiger partial charge in [-0.3, -0.25) is 0 Å². The second-order valence-electron chi connectivity index (χ2n) is 2.65. The lowest BCUT2D eigenvalue weighted by Gasteiger charge is -2.10. The molecule has 0 aliphatic rings. The van der Waals surface area contributed by atoms with E-state index in [0.717, 1.165) is 6.07 Å². The van der Waals surface area contributed by atoms with Gasteiger partial charge in [0.1, 0.15) is 17.1 Å². The van der Waals surface area contributed by atoms with Crippen molar-refractivity contribution >= 4 is 0 Å². The molecule has 0 atom stereocenters. The van der Waals surface area contributed by atoms with E-state index in [1.807, 2.05) is 0 Å². The molecule has 13 heavy (non-hydrogen) atoms. The molecule has 0 aliphatic carbocycles. The Morgan fingerprint density at radius 2 is 1.62 bits per heavy atom. The van der Waals surface area contributed by atoms with E-state index in [2.05, 4.69) is 0 Å². The van der Waals surface area contributed by atoms with Gasteiger partial charge in [-0.2, -0.15) is 13.2 Å². The summed E-state index contributed by atoms with van der Waals surface area (Å²) in [6.07, 6.45) is -4.64. The summed E-state index contributed by atoms with van der Waals surface area (Å²) < 4.78 is 36.3. The first-order valence-electron chi connectivity index (χ1n) is 3.42. The minimum absolute atomic E-state index is 0.200. The predicted molar refractivity (Wildman–Crippen MR) is 39.5 cm³/mol. The molecule has 0 aliphatic heterocycles. The van der Waals surface area contributed by atoms with E-state index in [1.165, 1.54) is 6.92 Å². The topological polar surface area (TPSA) is 40.5 Å². The molecule has 0 aromatic heterocycles. The van der Waals surface area contributed by atoms with E-state index in [9.17, 15) is 13.2 Å². The monoisotopic (exact) mass is 192 g/mol. The number of phenols is 2. The van der Waals surface area contributed by atoms with Gasteiger partial charge in [-0.05, 0) is 24.6 Å². The van der Waals surface area contributed by atoms with Gasteiger partial charge in [0.15, 0.2) is 0 Å². The van der Waals surface area contributed by atoms with Crippen molar-refractivity contribution in [1.29, 1.82) is 0 Å². The number of aryl methyl sites for hydroxylation is 1. The normalized spacial score (nSPS) is 11.7. The first kappa shape index (κ1) is 9.70. The van der Waals surface area contributed by atoms with E-state index in [4.69, 9.17) is 10.2 Å². The quantitative estimate of drug-likeness (QED) is 0.619. The summed E-state index contributed by atoms with van der Waals surface area (Å²) in [4.78, 5) is 0. The Bertz CT molecular complexity index is 331. The smallest absolute Gasteiger partial charge is 0.420 e. The summed E-state index contributed by atoms with van der Waals surface area (Å²) in [5.74, 6) is -1.35. The minimum Gasteiger partial charge on any atom is -0.508 e. The summed E-state index contributed by atoms with van der Waals surface area (Å²) in [7, 11) is 0. The average molecular weight is 192 g/mol. The van der Waals surface area contributed by atoms with E-state index in [-0.39, 0.29) is 5.56 Å². The Labute approximate surface area is 72.2 Å². The largest absolute Gasteiger partial charge is 0.508 e. The second-order valence-corrected chi connectivity index (χ2v) is 2.65. The van der Waals surface area contributed by atoms with Crippen molar-refractivity contribution in [3.63, 3.8) is 0 Å². The second kappa shape index (κ2) is 2.83. The van der Waals surface area contributed by atoms with Crippen LogP contribution in [0.5, 0.6) is 11.5 Å². The van der Waals surface area contributed by atoms with Crippen LogP contribution in [0.2, 0.25) is 0 Å². The van der Waals surface area contributed by atoms with Crippen LogP contribution in [-0.2, 0) is 6.18 Å². The number of hydrogen-bond acceptors (Lipinski definition) is 2. The molecule has 0 fully saturated rings. The number of benzene rings is 1. The number of halogens is 3. The highest BCUT2D eigenvalue weighted by atomic mass is 19.4. The maximum Gasteiger partial charge on any atom is 0.420 e. The summed E-state index contributed by atoms with van der Waals surface area (Å²) in [6.45, 7) is 1.40. The Balaban J connectivity index is 3.32. The van der Waals surface area contributed by atoms with Crippen LogP contribution in [-0.4, -0.2) is 10.2 Å². The lowest BCUT2D eigenvalue weighted by molar-refractivity contribution is -0.138. The molecule has 0 radical (unpaired) electrons. The van der Waals surface area contributed by atoms with Crippen LogP contribution < -0.4 is 0 Å². The number of rotatable bonds is 0. The van der Waals surface area contributed by atoms with Gasteiger partial charge < -0.3 is 10.2 Å². The van der Waals surface area contributed by atoms with Gasteiger partial charge in [0.2, 0.25) is 0 Å². The SMILES string of the molecule is Cc1cc(O)c(C(F)(F)F)cc1O. The van der Waals surface area contributed by atoms with Crippen LogP contribution in [0.3, 0.4) is 0 Å². The molecule has 0 heterocycles. The van der Waals surface area contributed by atoms with Gasteiger partial charge >= 0.3 is 6.18 Å². The summed E-state index contributed by atoms with van der Waals surface area (Å²) in [6, 6.07) is 1.38. The van der Waals surface area contributed by atoms with Crippen molar-refractivity contribution in [3.05, 3.63) is 23.3 Å². The molecule has 0 saturated carbocycles. The maximum atomic E-state index is 12.1. The van der Waals surface area contributed by atoms with E-state index in [1.54, 1.807) is 0 Å². The van der Waals surface area contributed by atoms with Crippen molar-refractivity contribution < 1.29 is 23.4 Å². The van der Waals surface area contributed by atoms with Crippen molar-refractivity contribution in [2.24, 2.45) is 0 Å². The summed E-state index contributed by atoms with van der Waals surface area (Å²) >= 11 is 0. The molecule has 72 valence electrons. The van der Waals surface area contributed by atoms with Crippen LogP contribution in [0.25, 0.3) is 0 Å². The third-order valence-corrected chi connectivity index (χ3v) is 1.62. The molecule has 1 aromatic rings. The molecule has 1 aromatic carbocycles. The van der Waals surface area contributed by atoms with Crippen LogP contribution in [0.1, 0.15) is 11.1 Å². The van der Waals surface area contributed by atoms with Crippen molar-refractivity contribution in [1.82, 2.24) is 0 Å². The molecule has 1 rings (SSSR count). The minimum atomic E-state index is -4.64. The van der Waals surface area contributed by atoms with Gasteiger partial charge in [0.25, 0.3) is 0 Å². The van der Waals surface area contributed by atoms with Crippen LogP contribution in [0.15, 0.2) is 12.1 Å². The molecule has 0 spiro atoms. The maximum absolute atomic E-state index is 12.1. The molecule has 0 unspecified atom stereocenters. The van der Waals surface area contributed by atoms with Crippen molar-refractivity contribution in [2.75, 3.05) is 0 Å². The first-order valence-corrected chi connectivity index (χ1v) is 3.42. The molecule has 2 nitrogen and oxygen atoms in total. The average Bonchev–Trinajstić information content (AvgIpc) is 1.94. The first-order chi connectivity index (χ1) is 5.82. The molecular formula is C8H7F3O2. The van der Waals surface area contributed by atoms with Crippen molar-refractivity contribution in [2.45, 2.75) is 13.1 Å². The van der Waals surface area contributed by atoms with Crippen LogP contribution >= 0.6 is 0 Å². The van der Waals surface area contributed by atoms with Gasteiger partial charge in [-0.1, -0.05) is 0 Å². The lowest BCUT2D eigenvalue weighted by atomic mass is 10.1. The molecular weight excluding hydrogens is 185 g/mol. The molecule has 0 saturated heterocycles. The van der Waals surface area contributed by atoms with Gasteiger partial charge in [-0.15, -0.1) is 0 Å². The number of hydrogen-bond donors (Lipinski definition) is 2. The summed E-state index contributed by atoms with van der Waals surface area (Å²) in [5, 5.41) is 17.9. The predicted octanol–water partition coefficient (Wildman–Crippen LogP) is 2.43. The van der Waals surface area contributed by atoms with Gasteiger partial charge in [0.05, 0.1) is 0 Å². The molecule has 5 heteroatoms. The van der Waals surface area contributed by atoms with E-state index in [0.29, 0.717) is 6.07 Å². The fourth-order valence-corrected chi connectivity index (χ4v) is 0.908. The molecule has 0 amide bonds. The van der Waals surface area contributed by atoms with E-state index < -0.39 is 23.2 Å². The number of alkyl halides is 3. The third kappa shape index (κ3) is 1.85. The zero-order chi connectivity index (χ0) is 10.2. The van der Waals surface area contributed by atoms with Crippen LogP contribution in [0.4, 0.5) is 13.2 Å². The molecule has 0 bridgehead atoms. The zero-order valence-corrected chi connectivity index (χ0v) is 6.68. The fourth-order valence-electron chi connectivity index (χ4n) is 0.908. The highest BCUT2D eigenvalue weighted by molar-refractivity contribution is 5.45. The highest BCUT2D eigenvalue weighted by Crippen LogP contribution is 2.38. The zero-order valence-electron chi connectivity index (χ0n) is 6.68. The Hall–Kier alpha value is -1.39.